The number of nitrogens with two attached hydrogens (primary N) is 1. The summed E-state index contributed by atoms with van der Waals surface area (Å²) < 4.78 is 45.6. The SMILES string of the molecule is CC.CCc1cc(N)cc2c(F)c(F)c(F)c(OC)c12. The van der Waals surface area contributed by atoms with E-state index in [1.54, 1.807) is 6.07 Å². The van der Waals surface area contributed by atoms with Gasteiger partial charge in [-0.1, -0.05) is 20.8 Å². The van der Waals surface area contributed by atoms with E-state index >= 15 is 0 Å². The van der Waals surface area contributed by atoms with Gasteiger partial charge in [0.2, 0.25) is 5.82 Å². The van der Waals surface area contributed by atoms with Gasteiger partial charge in [0.25, 0.3) is 0 Å². The molecule has 0 heterocycles. The Balaban J connectivity index is 0.000000956. The normalized spacial score (nSPS) is 10.2. The van der Waals surface area contributed by atoms with Crippen LogP contribution in [-0.2, 0) is 6.42 Å². The molecule has 0 amide bonds. The lowest BCUT2D eigenvalue weighted by Crippen LogP contribution is -2.01. The Bertz CT molecular complexity index is 627. The minimum Gasteiger partial charge on any atom is -0.493 e. The average Bonchev–Trinajstić information content (AvgIpc) is 2.47. The highest BCUT2D eigenvalue weighted by Gasteiger charge is 2.22. The Labute approximate surface area is 116 Å². The van der Waals surface area contributed by atoms with Crippen LogP contribution in [0.1, 0.15) is 26.3 Å². The summed E-state index contributed by atoms with van der Waals surface area (Å²) in [5, 5.41) is 0.160. The highest BCUT2D eigenvalue weighted by Crippen LogP contribution is 2.37. The summed E-state index contributed by atoms with van der Waals surface area (Å²) >= 11 is 0. The van der Waals surface area contributed by atoms with Gasteiger partial charge in [-0.2, -0.15) is 4.39 Å². The molecule has 110 valence electrons. The number of rotatable bonds is 2. The van der Waals surface area contributed by atoms with E-state index in [9.17, 15) is 13.2 Å². The van der Waals surface area contributed by atoms with Gasteiger partial charge in [-0.05, 0) is 24.1 Å². The molecule has 20 heavy (non-hydrogen) atoms. The number of fused-ring (bicyclic) bond motifs is 1. The van der Waals surface area contributed by atoms with Crippen molar-refractivity contribution in [1.82, 2.24) is 0 Å². The second-order valence-electron chi connectivity index (χ2n) is 3.93. The van der Waals surface area contributed by atoms with E-state index in [1.165, 1.54) is 13.2 Å². The molecule has 0 spiro atoms. The van der Waals surface area contributed by atoms with E-state index in [2.05, 4.69) is 0 Å². The fourth-order valence-corrected chi connectivity index (χ4v) is 2.06. The number of aryl methyl sites for hydroxylation is 1. The fourth-order valence-electron chi connectivity index (χ4n) is 2.06. The first kappa shape index (κ1) is 16.1. The molecular weight excluding hydrogens is 267 g/mol. The molecule has 0 aliphatic carbocycles. The van der Waals surface area contributed by atoms with Gasteiger partial charge in [0.15, 0.2) is 17.4 Å². The highest BCUT2D eigenvalue weighted by molar-refractivity contribution is 5.94. The molecule has 2 N–H and O–H groups in total. The largest absolute Gasteiger partial charge is 0.493 e. The zero-order valence-corrected chi connectivity index (χ0v) is 12.0. The second-order valence-corrected chi connectivity index (χ2v) is 3.93. The van der Waals surface area contributed by atoms with E-state index < -0.39 is 17.5 Å². The van der Waals surface area contributed by atoms with Crippen LogP contribution >= 0.6 is 0 Å². The van der Waals surface area contributed by atoms with Crippen molar-refractivity contribution in [3.8, 4) is 5.75 Å². The third kappa shape index (κ3) is 2.53. The first-order valence-electron chi connectivity index (χ1n) is 6.43. The fraction of sp³-hybridized carbons (Fsp3) is 0.333. The molecule has 2 nitrogen and oxygen atoms in total. The van der Waals surface area contributed by atoms with Gasteiger partial charge >= 0.3 is 0 Å². The molecular formula is C15H18F3NO. The second kappa shape index (κ2) is 6.50. The molecule has 0 fully saturated rings. The Morgan fingerprint density at radius 3 is 2.15 bits per heavy atom. The maximum absolute atomic E-state index is 13.7. The lowest BCUT2D eigenvalue weighted by atomic mass is 9.99. The van der Waals surface area contributed by atoms with Crippen LogP contribution in [0.2, 0.25) is 0 Å². The molecule has 0 saturated heterocycles. The topological polar surface area (TPSA) is 35.2 Å². The number of nitrogen functional groups attached to an aromatic ring is 1. The third-order valence-electron chi connectivity index (χ3n) is 2.88. The monoisotopic (exact) mass is 285 g/mol. The van der Waals surface area contributed by atoms with E-state index in [-0.39, 0.29) is 16.5 Å². The third-order valence-corrected chi connectivity index (χ3v) is 2.88. The summed E-state index contributed by atoms with van der Waals surface area (Å²) in [5.74, 6) is -4.40. The van der Waals surface area contributed by atoms with Gasteiger partial charge in [0.1, 0.15) is 0 Å². The van der Waals surface area contributed by atoms with Crippen LogP contribution in [0, 0.1) is 17.5 Å². The van der Waals surface area contributed by atoms with Crippen molar-refractivity contribution in [1.29, 1.82) is 0 Å². The van der Waals surface area contributed by atoms with Crippen molar-refractivity contribution < 1.29 is 17.9 Å². The summed E-state index contributed by atoms with van der Waals surface area (Å²) in [5.41, 5.74) is 6.53. The predicted octanol–water partition coefficient (Wildman–Crippen LogP) is 4.44. The first-order chi connectivity index (χ1) is 9.51. The Kier molecular flexibility index (Phi) is 5.25. The number of ether oxygens (including phenoxy) is 1. The van der Waals surface area contributed by atoms with E-state index in [1.807, 2.05) is 20.8 Å². The van der Waals surface area contributed by atoms with Gasteiger partial charge in [-0.15, -0.1) is 0 Å². The predicted molar refractivity (Wildman–Crippen MR) is 75.5 cm³/mol. The quantitative estimate of drug-likeness (QED) is 0.654. The summed E-state index contributed by atoms with van der Waals surface area (Å²) in [6.07, 6.45) is 0.502. The molecule has 0 bridgehead atoms. The summed E-state index contributed by atoms with van der Waals surface area (Å²) in [4.78, 5) is 0. The van der Waals surface area contributed by atoms with Crippen LogP contribution in [0.4, 0.5) is 18.9 Å². The number of methoxy groups -OCH3 is 1. The summed E-state index contributed by atoms with van der Waals surface area (Å²) in [6.45, 7) is 5.81. The van der Waals surface area contributed by atoms with Crippen LogP contribution in [0.15, 0.2) is 12.1 Å². The molecule has 5 heteroatoms. The van der Waals surface area contributed by atoms with Gasteiger partial charge in [-0.3, -0.25) is 0 Å². The smallest absolute Gasteiger partial charge is 0.204 e. The highest BCUT2D eigenvalue weighted by atomic mass is 19.2. The summed E-state index contributed by atoms with van der Waals surface area (Å²) in [6, 6.07) is 2.87. The lowest BCUT2D eigenvalue weighted by Gasteiger charge is -2.13. The molecule has 0 radical (unpaired) electrons. The Morgan fingerprint density at radius 2 is 1.65 bits per heavy atom. The van der Waals surface area contributed by atoms with Crippen molar-refractivity contribution in [3.05, 3.63) is 35.1 Å². The van der Waals surface area contributed by atoms with E-state index in [0.717, 1.165) is 0 Å². The molecule has 0 saturated carbocycles. The van der Waals surface area contributed by atoms with Crippen LogP contribution in [0.5, 0.6) is 5.75 Å². The molecule has 0 atom stereocenters. The van der Waals surface area contributed by atoms with Gasteiger partial charge in [0, 0.05) is 16.5 Å². The molecule has 0 aliphatic rings. The van der Waals surface area contributed by atoms with Crippen LogP contribution < -0.4 is 10.5 Å². The lowest BCUT2D eigenvalue weighted by molar-refractivity contribution is 0.367. The van der Waals surface area contributed by atoms with Gasteiger partial charge < -0.3 is 10.5 Å². The minimum absolute atomic E-state index is 0.0670. The van der Waals surface area contributed by atoms with E-state index in [4.69, 9.17) is 10.5 Å². The van der Waals surface area contributed by atoms with E-state index in [0.29, 0.717) is 17.7 Å². The standard InChI is InChI=1S/C13H12F3NO.C2H6/c1-3-6-4-7(17)5-8-9(6)13(18-2)12(16)11(15)10(8)14;1-2/h4-5H,3,17H2,1-2H3;1-2H3. The maximum atomic E-state index is 13.7. The molecule has 0 unspecified atom stereocenters. The van der Waals surface area contributed by atoms with Crippen LogP contribution in [0.25, 0.3) is 10.8 Å². The zero-order chi connectivity index (χ0) is 15.4. The van der Waals surface area contributed by atoms with Crippen molar-refractivity contribution >= 4 is 16.5 Å². The molecule has 2 aromatic rings. The van der Waals surface area contributed by atoms with Crippen molar-refractivity contribution in [3.63, 3.8) is 0 Å². The van der Waals surface area contributed by atoms with Gasteiger partial charge in [0.05, 0.1) is 7.11 Å². The van der Waals surface area contributed by atoms with Crippen LogP contribution in [-0.4, -0.2) is 7.11 Å². The van der Waals surface area contributed by atoms with Crippen molar-refractivity contribution in [2.75, 3.05) is 12.8 Å². The average molecular weight is 285 g/mol. The molecule has 2 aromatic carbocycles. The van der Waals surface area contributed by atoms with Crippen molar-refractivity contribution in [2.24, 2.45) is 0 Å². The number of anilines is 1. The molecule has 2 rings (SSSR count). The number of benzene rings is 2. The Morgan fingerprint density at radius 1 is 1.05 bits per heavy atom. The van der Waals surface area contributed by atoms with Crippen molar-refractivity contribution in [2.45, 2.75) is 27.2 Å². The first-order valence-corrected chi connectivity index (χ1v) is 6.43. The van der Waals surface area contributed by atoms with Crippen LogP contribution in [0.3, 0.4) is 0 Å². The number of hydrogen-bond acceptors (Lipinski definition) is 2. The Hall–Kier alpha value is -1.91. The zero-order valence-electron chi connectivity index (χ0n) is 12.0. The number of hydrogen-bond donors (Lipinski definition) is 1. The number of halogens is 3. The molecule has 0 aliphatic heterocycles. The molecule has 0 aromatic heterocycles. The maximum Gasteiger partial charge on any atom is 0.204 e. The summed E-state index contributed by atoms with van der Waals surface area (Å²) in [7, 11) is 1.21. The van der Waals surface area contributed by atoms with Gasteiger partial charge in [-0.25, -0.2) is 8.78 Å². The minimum atomic E-state index is -1.55.